The van der Waals surface area contributed by atoms with E-state index >= 15 is 0 Å². The van der Waals surface area contributed by atoms with Crippen molar-refractivity contribution in [1.82, 2.24) is 0 Å². The molecule has 0 aliphatic heterocycles. The summed E-state index contributed by atoms with van der Waals surface area (Å²) < 4.78 is 0. The summed E-state index contributed by atoms with van der Waals surface area (Å²) in [5.74, 6) is 1.27. The maximum absolute atomic E-state index is 11.0. The second-order valence-electron chi connectivity index (χ2n) is 3.76. The van der Waals surface area contributed by atoms with E-state index in [9.17, 15) is 4.79 Å². The van der Waals surface area contributed by atoms with Crippen LogP contribution in [0.2, 0.25) is 0 Å². The molecule has 2 bridgehead atoms. The Morgan fingerprint density at radius 1 is 1.36 bits per heavy atom. The standard InChI is InChI=1S/C9H11NO/c10-5-9(11)8-4-6-1-2-7(8)3-6/h6-8H,1-4H2. The summed E-state index contributed by atoms with van der Waals surface area (Å²) in [6, 6.07) is 1.75. The molecule has 2 heteroatoms. The molecule has 0 aromatic heterocycles. The molecule has 0 spiro atoms. The van der Waals surface area contributed by atoms with E-state index < -0.39 is 0 Å². The van der Waals surface area contributed by atoms with Gasteiger partial charge in [0.25, 0.3) is 0 Å². The van der Waals surface area contributed by atoms with Gasteiger partial charge in [-0.1, -0.05) is 6.42 Å². The van der Waals surface area contributed by atoms with Crippen LogP contribution in [0.1, 0.15) is 25.7 Å². The number of carbonyl (C=O) groups is 1. The molecule has 2 saturated carbocycles. The predicted octanol–water partition coefficient (Wildman–Crippen LogP) is 1.52. The van der Waals surface area contributed by atoms with Crippen molar-refractivity contribution in [3.63, 3.8) is 0 Å². The van der Waals surface area contributed by atoms with Crippen molar-refractivity contribution in [1.29, 1.82) is 5.26 Å². The first-order valence-electron chi connectivity index (χ1n) is 4.25. The number of nitriles is 1. The van der Waals surface area contributed by atoms with Gasteiger partial charge in [0.1, 0.15) is 6.07 Å². The summed E-state index contributed by atoms with van der Waals surface area (Å²) in [7, 11) is 0. The minimum absolute atomic E-state index is 0.110. The lowest BCUT2D eigenvalue weighted by molar-refractivity contribution is -0.118. The van der Waals surface area contributed by atoms with Gasteiger partial charge in [0.05, 0.1) is 0 Å². The lowest BCUT2D eigenvalue weighted by Gasteiger charge is -2.16. The second-order valence-corrected chi connectivity index (χ2v) is 3.76. The van der Waals surface area contributed by atoms with Crippen LogP contribution in [0.3, 0.4) is 0 Å². The number of hydrogen-bond donors (Lipinski definition) is 0. The number of hydrogen-bond acceptors (Lipinski definition) is 2. The van der Waals surface area contributed by atoms with Crippen LogP contribution in [0.5, 0.6) is 0 Å². The molecular formula is C9H11NO. The highest BCUT2D eigenvalue weighted by atomic mass is 16.1. The van der Waals surface area contributed by atoms with Gasteiger partial charge in [-0.3, -0.25) is 4.79 Å². The third-order valence-corrected chi connectivity index (χ3v) is 3.19. The van der Waals surface area contributed by atoms with E-state index in [0.717, 1.165) is 12.3 Å². The molecule has 0 amide bonds. The Morgan fingerprint density at radius 3 is 2.64 bits per heavy atom. The Kier molecular flexibility index (Phi) is 1.45. The summed E-state index contributed by atoms with van der Waals surface area (Å²) in [5.41, 5.74) is 0. The van der Waals surface area contributed by atoms with Gasteiger partial charge in [0.2, 0.25) is 5.78 Å². The highest BCUT2D eigenvalue weighted by molar-refractivity contribution is 5.95. The fourth-order valence-corrected chi connectivity index (χ4v) is 2.65. The zero-order chi connectivity index (χ0) is 7.84. The van der Waals surface area contributed by atoms with Gasteiger partial charge >= 0.3 is 0 Å². The second kappa shape index (κ2) is 2.34. The van der Waals surface area contributed by atoms with Gasteiger partial charge in [-0.05, 0) is 31.1 Å². The summed E-state index contributed by atoms with van der Waals surface area (Å²) in [4.78, 5) is 11.0. The molecule has 0 saturated heterocycles. The minimum Gasteiger partial charge on any atom is -0.282 e. The molecule has 0 aromatic rings. The first-order chi connectivity index (χ1) is 5.31. The van der Waals surface area contributed by atoms with Crippen molar-refractivity contribution in [3.8, 4) is 6.07 Å². The predicted molar refractivity (Wildman–Crippen MR) is 39.6 cm³/mol. The van der Waals surface area contributed by atoms with Gasteiger partial charge in [-0.2, -0.15) is 5.26 Å². The molecule has 3 unspecified atom stereocenters. The van der Waals surface area contributed by atoms with E-state index in [2.05, 4.69) is 0 Å². The lowest BCUT2D eigenvalue weighted by atomic mass is 9.86. The Hall–Kier alpha value is -0.840. The van der Waals surface area contributed by atoms with Crippen LogP contribution in [0.15, 0.2) is 0 Å². The Bertz CT molecular complexity index is 228. The minimum atomic E-state index is -0.169. The average Bonchev–Trinajstić information content (AvgIpc) is 2.62. The molecule has 2 aliphatic carbocycles. The van der Waals surface area contributed by atoms with Crippen LogP contribution < -0.4 is 0 Å². The third-order valence-electron chi connectivity index (χ3n) is 3.19. The van der Waals surface area contributed by atoms with Crippen molar-refractivity contribution in [2.75, 3.05) is 0 Å². The zero-order valence-corrected chi connectivity index (χ0v) is 6.42. The van der Waals surface area contributed by atoms with Crippen LogP contribution in [0.25, 0.3) is 0 Å². The summed E-state index contributed by atoms with van der Waals surface area (Å²) in [6.07, 6.45) is 4.68. The molecule has 3 atom stereocenters. The SMILES string of the molecule is N#CC(=O)C1CC2CCC1C2. The summed E-state index contributed by atoms with van der Waals surface area (Å²) in [6.45, 7) is 0. The molecule has 0 heterocycles. The van der Waals surface area contributed by atoms with Crippen molar-refractivity contribution < 1.29 is 4.79 Å². The Labute approximate surface area is 66.2 Å². The Morgan fingerprint density at radius 2 is 2.18 bits per heavy atom. The van der Waals surface area contributed by atoms with Gasteiger partial charge in [-0.15, -0.1) is 0 Å². The number of carbonyl (C=O) groups excluding carboxylic acids is 1. The number of fused-ring (bicyclic) bond motifs is 2. The van der Waals surface area contributed by atoms with E-state index in [0.29, 0.717) is 5.92 Å². The normalized spacial score (nSPS) is 40.5. The number of Topliss-reactive ketones (excluding diaryl/α,β-unsaturated/α-hetero) is 1. The first-order valence-corrected chi connectivity index (χ1v) is 4.25. The van der Waals surface area contributed by atoms with Crippen molar-refractivity contribution >= 4 is 5.78 Å². The highest BCUT2D eigenvalue weighted by Gasteiger charge is 2.42. The quantitative estimate of drug-likeness (QED) is 0.530. The topological polar surface area (TPSA) is 40.9 Å². The molecule has 2 rings (SSSR count). The van der Waals surface area contributed by atoms with E-state index in [1.54, 1.807) is 6.07 Å². The average molecular weight is 149 g/mol. The largest absolute Gasteiger partial charge is 0.282 e. The third kappa shape index (κ3) is 0.956. The molecule has 58 valence electrons. The smallest absolute Gasteiger partial charge is 0.235 e. The number of ketones is 1. The van der Waals surface area contributed by atoms with E-state index in [1.165, 1.54) is 19.3 Å². The number of rotatable bonds is 1. The van der Waals surface area contributed by atoms with Crippen molar-refractivity contribution in [3.05, 3.63) is 0 Å². The van der Waals surface area contributed by atoms with Gasteiger partial charge in [0, 0.05) is 5.92 Å². The van der Waals surface area contributed by atoms with Gasteiger partial charge in [-0.25, -0.2) is 0 Å². The van der Waals surface area contributed by atoms with Crippen LogP contribution >= 0.6 is 0 Å². The maximum Gasteiger partial charge on any atom is 0.235 e. The van der Waals surface area contributed by atoms with E-state index in [4.69, 9.17) is 5.26 Å². The van der Waals surface area contributed by atoms with Crippen molar-refractivity contribution in [2.45, 2.75) is 25.7 Å². The molecule has 0 aromatic carbocycles. The monoisotopic (exact) mass is 149 g/mol. The fraction of sp³-hybridized carbons (Fsp3) is 0.778. The van der Waals surface area contributed by atoms with E-state index in [1.807, 2.05) is 0 Å². The molecular weight excluding hydrogens is 138 g/mol. The molecule has 2 aliphatic rings. The first kappa shape index (κ1) is 6.84. The van der Waals surface area contributed by atoms with E-state index in [-0.39, 0.29) is 11.7 Å². The van der Waals surface area contributed by atoms with Crippen LogP contribution in [-0.4, -0.2) is 5.78 Å². The molecule has 11 heavy (non-hydrogen) atoms. The zero-order valence-electron chi connectivity index (χ0n) is 6.42. The molecule has 2 nitrogen and oxygen atoms in total. The Balaban J connectivity index is 2.09. The van der Waals surface area contributed by atoms with Gasteiger partial charge in [0.15, 0.2) is 0 Å². The van der Waals surface area contributed by atoms with Crippen LogP contribution in [-0.2, 0) is 4.79 Å². The number of nitrogens with zero attached hydrogens (tertiary/aromatic N) is 1. The maximum atomic E-state index is 11.0. The summed E-state index contributed by atoms with van der Waals surface area (Å²) in [5, 5.41) is 8.42. The lowest BCUT2D eigenvalue weighted by Crippen LogP contribution is -2.18. The van der Waals surface area contributed by atoms with Crippen LogP contribution in [0.4, 0.5) is 0 Å². The molecule has 0 radical (unpaired) electrons. The fourth-order valence-electron chi connectivity index (χ4n) is 2.65. The van der Waals surface area contributed by atoms with Gasteiger partial charge < -0.3 is 0 Å². The summed E-state index contributed by atoms with van der Waals surface area (Å²) >= 11 is 0. The van der Waals surface area contributed by atoms with Crippen molar-refractivity contribution in [2.24, 2.45) is 17.8 Å². The molecule has 2 fully saturated rings. The highest BCUT2D eigenvalue weighted by Crippen LogP contribution is 2.48. The molecule has 0 N–H and O–H groups in total. The van der Waals surface area contributed by atoms with Crippen LogP contribution in [0, 0.1) is 29.1 Å².